The molecule has 2 N–H and O–H groups in total. The number of hydrogen-bond acceptors (Lipinski definition) is 4. The van der Waals surface area contributed by atoms with Crippen LogP contribution in [-0.4, -0.2) is 50.2 Å². The number of H-pyrrole nitrogens is 1. The average Bonchev–Trinajstić information content (AvgIpc) is 3.31. The molecule has 3 heterocycles. The van der Waals surface area contributed by atoms with E-state index in [0.717, 1.165) is 17.9 Å². The first-order chi connectivity index (χ1) is 12.6. The molecule has 0 radical (unpaired) electrons. The number of aromatic nitrogens is 4. The number of carbonyl (C=O) groups is 1. The fourth-order valence-corrected chi connectivity index (χ4v) is 3.23. The summed E-state index contributed by atoms with van der Waals surface area (Å²) in [5.74, 6) is 0.406. The number of nitrogens with one attached hydrogen (secondary N) is 2. The van der Waals surface area contributed by atoms with Crippen LogP contribution in [0.2, 0.25) is 0 Å². The molecule has 8 heteroatoms. The van der Waals surface area contributed by atoms with E-state index < -0.39 is 0 Å². The lowest BCUT2D eigenvalue weighted by molar-refractivity contribution is 0.0614. The molecule has 0 spiro atoms. The van der Waals surface area contributed by atoms with Crippen molar-refractivity contribution in [3.05, 3.63) is 60.1 Å². The van der Waals surface area contributed by atoms with Crippen LogP contribution in [0.15, 0.2) is 42.7 Å². The van der Waals surface area contributed by atoms with Gasteiger partial charge < -0.3 is 14.8 Å². The second kappa shape index (κ2) is 6.72. The van der Waals surface area contributed by atoms with Crippen molar-refractivity contribution in [1.82, 2.24) is 30.0 Å². The van der Waals surface area contributed by atoms with E-state index in [4.69, 9.17) is 0 Å². The first kappa shape index (κ1) is 16.5. The van der Waals surface area contributed by atoms with Crippen molar-refractivity contribution in [2.75, 3.05) is 19.6 Å². The lowest BCUT2D eigenvalue weighted by Gasteiger charge is -2.35. The molecular weight excluding hydrogens is 335 g/mol. The number of piperazine rings is 1. The van der Waals surface area contributed by atoms with E-state index in [1.165, 1.54) is 12.1 Å². The van der Waals surface area contributed by atoms with Crippen molar-refractivity contribution in [2.24, 2.45) is 7.05 Å². The molecule has 1 amide bonds. The van der Waals surface area contributed by atoms with Crippen molar-refractivity contribution >= 4 is 5.91 Å². The van der Waals surface area contributed by atoms with Gasteiger partial charge in [-0.3, -0.25) is 9.89 Å². The Hall–Kier alpha value is -3.00. The zero-order chi connectivity index (χ0) is 18.1. The van der Waals surface area contributed by atoms with Crippen molar-refractivity contribution in [1.29, 1.82) is 0 Å². The lowest BCUT2D eigenvalue weighted by atomic mass is 10.1. The van der Waals surface area contributed by atoms with Gasteiger partial charge in [0.15, 0.2) is 0 Å². The van der Waals surface area contributed by atoms with Crippen LogP contribution in [0.4, 0.5) is 4.39 Å². The van der Waals surface area contributed by atoms with Gasteiger partial charge in [-0.15, -0.1) is 0 Å². The van der Waals surface area contributed by atoms with E-state index in [0.29, 0.717) is 24.5 Å². The topological polar surface area (TPSA) is 78.8 Å². The van der Waals surface area contributed by atoms with Gasteiger partial charge in [-0.05, 0) is 30.3 Å². The molecule has 134 valence electrons. The van der Waals surface area contributed by atoms with Crippen LogP contribution < -0.4 is 5.32 Å². The maximum atomic E-state index is 13.1. The lowest BCUT2D eigenvalue weighted by Crippen LogP contribution is -2.49. The predicted molar refractivity (Wildman–Crippen MR) is 93.8 cm³/mol. The fourth-order valence-electron chi connectivity index (χ4n) is 3.23. The van der Waals surface area contributed by atoms with Crippen LogP contribution in [0, 0.1) is 5.82 Å². The predicted octanol–water partition coefficient (Wildman–Crippen LogP) is 1.74. The third-order valence-electron chi connectivity index (χ3n) is 4.61. The first-order valence-electron chi connectivity index (χ1n) is 8.44. The minimum absolute atomic E-state index is 0.125. The maximum absolute atomic E-state index is 13.1. The van der Waals surface area contributed by atoms with Crippen LogP contribution in [0.5, 0.6) is 0 Å². The normalized spacial score (nSPS) is 17.5. The highest BCUT2D eigenvalue weighted by atomic mass is 19.1. The van der Waals surface area contributed by atoms with Crippen LogP contribution >= 0.6 is 0 Å². The fraction of sp³-hybridized carbons (Fsp3) is 0.278. The van der Waals surface area contributed by atoms with Crippen molar-refractivity contribution in [3.63, 3.8) is 0 Å². The number of aryl methyl sites for hydroxylation is 1. The summed E-state index contributed by atoms with van der Waals surface area (Å²) in [6.45, 7) is 1.96. The van der Waals surface area contributed by atoms with Crippen molar-refractivity contribution in [3.8, 4) is 11.3 Å². The zero-order valence-corrected chi connectivity index (χ0v) is 14.3. The molecule has 7 nitrogen and oxygen atoms in total. The molecule has 1 aliphatic heterocycles. The van der Waals surface area contributed by atoms with Crippen LogP contribution in [0.25, 0.3) is 11.3 Å². The second-order valence-electron chi connectivity index (χ2n) is 6.29. The Balaban J connectivity index is 1.60. The maximum Gasteiger partial charge on any atom is 0.272 e. The summed E-state index contributed by atoms with van der Waals surface area (Å²) in [5.41, 5.74) is 1.77. The first-order valence-corrected chi connectivity index (χ1v) is 8.44. The third-order valence-corrected chi connectivity index (χ3v) is 4.61. The second-order valence-corrected chi connectivity index (χ2v) is 6.29. The van der Waals surface area contributed by atoms with Crippen LogP contribution in [-0.2, 0) is 7.05 Å². The van der Waals surface area contributed by atoms with Gasteiger partial charge >= 0.3 is 0 Å². The van der Waals surface area contributed by atoms with Crippen molar-refractivity contribution < 1.29 is 9.18 Å². The molecule has 0 saturated carbocycles. The summed E-state index contributed by atoms with van der Waals surface area (Å²) in [6.07, 6.45) is 3.60. The van der Waals surface area contributed by atoms with E-state index in [1.807, 2.05) is 17.8 Å². The Morgan fingerprint density at radius 3 is 2.85 bits per heavy atom. The smallest absolute Gasteiger partial charge is 0.272 e. The summed E-state index contributed by atoms with van der Waals surface area (Å²) < 4.78 is 15.0. The highest BCUT2D eigenvalue weighted by Crippen LogP contribution is 2.24. The molecule has 1 fully saturated rings. The summed E-state index contributed by atoms with van der Waals surface area (Å²) in [6, 6.07) is 7.59. The number of halogens is 1. The molecule has 2 aromatic heterocycles. The summed E-state index contributed by atoms with van der Waals surface area (Å²) in [5, 5.41) is 10.3. The monoisotopic (exact) mass is 354 g/mol. The Kier molecular flexibility index (Phi) is 4.26. The van der Waals surface area contributed by atoms with Crippen LogP contribution in [0.3, 0.4) is 0 Å². The molecule has 0 bridgehead atoms. The Morgan fingerprint density at radius 1 is 1.31 bits per heavy atom. The zero-order valence-electron chi connectivity index (χ0n) is 14.3. The Morgan fingerprint density at radius 2 is 2.12 bits per heavy atom. The number of hydrogen-bond donors (Lipinski definition) is 2. The van der Waals surface area contributed by atoms with Gasteiger partial charge in [-0.2, -0.15) is 5.10 Å². The standard InChI is InChI=1S/C18H19FN6O/c1-24-8-7-21-17(24)16-11-20-6-9-25(16)18(26)15-10-14(22-23-15)12-2-4-13(19)5-3-12/h2-5,7-8,10,16,20H,6,9,11H2,1H3,(H,22,23). The Bertz CT molecular complexity index is 916. The molecule has 3 aromatic rings. The minimum atomic E-state index is -0.306. The number of rotatable bonds is 3. The van der Waals surface area contributed by atoms with E-state index in [9.17, 15) is 9.18 Å². The molecular formula is C18H19FN6O. The van der Waals surface area contributed by atoms with Gasteiger partial charge in [0, 0.05) is 44.6 Å². The van der Waals surface area contributed by atoms with E-state index in [1.54, 1.807) is 29.3 Å². The molecule has 1 aromatic carbocycles. The van der Waals surface area contributed by atoms with Crippen LogP contribution in [0.1, 0.15) is 22.4 Å². The number of imidazole rings is 1. The average molecular weight is 354 g/mol. The molecule has 4 rings (SSSR count). The highest BCUT2D eigenvalue weighted by molar-refractivity contribution is 5.93. The number of amides is 1. The van der Waals surface area contributed by atoms with Gasteiger partial charge in [0.25, 0.3) is 5.91 Å². The molecule has 26 heavy (non-hydrogen) atoms. The number of carbonyl (C=O) groups excluding carboxylic acids is 1. The Labute approximate surface area is 149 Å². The SMILES string of the molecule is Cn1ccnc1C1CNCCN1C(=O)c1cc(-c2ccc(F)cc2)n[nH]1. The summed E-state index contributed by atoms with van der Waals surface area (Å²) in [7, 11) is 1.92. The largest absolute Gasteiger partial charge is 0.336 e. The highest BCUT2D eigenvalue weighted by Gasteiger charge is 2.31. The van der Waals surface area contributed by atoms with E-state index in [2.05, 4.69) is 20.5 Å². The van der Waals surface area contributed by atoms with E-state index >= 15 is 0 Å². The van der Waals surface area contributed by atoms with Gasteiger partial charge in [0.2, 0.25) is 0 Å². The molecule has 0 aliphatic carbocycles. The summed E-state index contributed by atoms with van der Waals surface area (Å²) >= 11 is 0. The molecule has 1 aliphatic rings. The molecule has 1 unspecified atom stereocenters. The van der Waals surface area contributed by atoms with Gasteiger partial charge in [-0.25, -0.2) is 9.37 Å². The third kappa shape index (κ3) is 2.99. The van der Waals surface area contributed by atoms with Gasteiger partial charge in [0.05, 0.1) is 5.69 Å². The quantitative estimate of drug-likeness (QED) is 0.751. The molecule has 1 saturated heterocycles. The van der Waals surface area contributed by atoms with Gasteiger partial charge in [0.1, 0.15) is 23.4 Å². The minimum Gasteiger partial charge on any atom is -0.336 e. The number of benzene rings is 1. The summed E-state index contributed by atoms with van der Waals surface area (Å²) in [4.78, 5) is 19.2. The van der Waals surface area contributed by atoms with Gasteiger partial charge in [-0.1, -0.05) is 0 Å². The van der Waals surface area contributed by atoms with E-state index in [-0.39, 0.29) is 17.8 Å². The number of nitrogens with zero attached hydrogens (tertiary/aromatic N) is 4. The molecule has 1 atom stereocenters. The van der Waals surface area contributed by atoms with Crippen molar-refractivity contribution in [2.45, 2.75) is 6.04 Å². The number of aromatic amines is 1.